The minimum absolute atomic E-state index is 0.0680. The van der Waals surface area contributed by atoms with Crippen molar-refractivity contribution in [3.05, 3.63) is 45.3 Å². The maximum Gasteiger partial charge on any atom is 0.292 e. The second-order valence-corrected chi connectivity index (χ2v) is 8.35. The van der Waals surface area contributed by atoms with E-state index < -0.39 is 14.9 Å². The van der Waals surface area contributed by atoms with Gasteiger partial charge in [-0.15, -0.1) is 0 Å². The van der Waals surface area contributed by atoms with Gasteiger partial charge >= 0.3 is 0 Å². The van der Waals surface area contributed by atoms with Gasteiger partial charge in [-0.3, -0.25) is 10.1 Å². The van der Waals surface area contributed by atoms with Crippen LogP contribution in [0.5, 0.6) is 0 Å². The molecule has 1 aliphatic rings. The third-order valence-corrected chi connectivity index (χ3v) is 6.81. The Labute approximate surface area is 162 Å². The summed E-state index contributed by atoms with van der Waals surface area (Å²) < 4.78 is 32.4. The number of aryl methyl sites for hydroxylation is 2. The average molecular weight is 405 g/mol. The third-order valence-electron chi connectivity index (χ3n) is 4.66. The fraction of sp³-hybridized carbons (Fsp3) is 0.412. The van der Waals surface area contributed by atoms with Crippen molar-refractivity contribution < 1.29 is 17.9 Å². The van der Waals surface area contributed by atoms with Crippen molar-refractivity contribution in [3.8, 4) is 6.07 Å². The number of sulfonamides is 1. The monoisotopic (exact) mass is 405 g/mol. The molecule has 0 unspecified atom stereocenters. The molecule has 1 saturated heterocycles. The zero-order valence-corrected chi connectivity index (χ0v) is 16.3. The fourth-order valence-corrected chi connectivity index (χ4v) is 5.11. The van der Waals surface area contributed by atoms with E-state index in [1.807, 2.05) is 6.07 Å². The second kappa shape index (κ2) is 7.57. The van der Waals surface area contributed by atoms with Crippen molar-refractivity contribution in [2.75, 3.05) is 31.1 Å². The molecule has 148 valence electrons. The molecule has 0 saturated carbocycles. The molecule has 1 aliphatic heterocycles. The van der Waals surface area contributed by atoms with E-state index in [1.54, 1.807) is 18.7 Å². The smallest absolute Gasteiger partial charge is 0.292 e. The molecule has 0 amide bonds. The van der Waals surface area contributed by atoms with Crippen molar-refractivity contribution in [2.24, 2.45) is 0 Å². The van der Waals surface area contributed by atoms with Crippen LogP contribution in [0.15, 0.2) is 27.6 Å². The lowest BCUT2D eigenvalue weighted by Gasteiger charge is -2.23. The number of benzene rings is 1. The van der Waals surface area contributed by atoms with Crippen molar-refractivity contribution in [3.63, 3.8) is 0 Å². The molecule has 10 nitrogen and oxygen atoms in total. The number of nitro groups is 1. The molecule has 2 aromatic rings. The van der Waals surface area contributed by atoms with Crippen LogP contribution in [0.2, 0.25) is 0 Å². The summed E-state index contributed by atoms with van der Waals surface area (Å²) in [6, 6.07) is 6.15. The lowest BCUT2D eigenvalue weighted by Crippen LogP contribution is -2.35. The molecule has 11 heteroatoms. The Morgan fingerprint density at radius 1 is 1.25 bits per heavy atom. The first-order valence-corrected chi connectivity index (χ1v) is 10.1. The second-order valence-electron chi connectivity index (χ2n) is 6.47. The Morgan fingerprint density at radius 2 is 2.00 bits per heavy atom. The van der Waals surface area contributed by atoms with Crippen LogP contribution in [0.4, 0.5) is 11.4 Å². The summed E-state index contributed by atoms with van der Waals surface area (Å²) in [6.45, 7) is 4.24. The molecule has 0 atom stereocenters. The van der Waals surface area contributed by atoms with Gasteiger partial charge in [0.2, 0.25) is 10.0 Å². The van der Waals surface area contributed by atoms with Crippen molar-refractivity contribution >= 4 is 21.4 Å². The van der Waals surface area contributed by atoms with Gasteiger partial charge in [0, 0.05) is 32.2 Å². The molecule has 0 spiro atoms. The van der Waals surface area contributed by atoms with Gasteiger partial charge in [0.05, 0.1) is 16.6 Å². The normalized spacial score (nSPS) is 15.8. The van der Waals surface area contributed by atoms with Gasteiger partial charge in [0.15, 0.2) is 5.76 Å². The number of rotatable bonds is 4. The predicted molar refractivity (Wildman–Crippen MR) is 99.4 cm³/mol. The van der Waals surface area contributed by atoms with Crippen molar-refractivity contribution in [1.82, 2.24) is 9.46 Å². The number of nitriles is 1. The van der Waals surface area contributed by atoms with Gasteiger partial charge in [-0.05, 0) is 32.4 Å². The summed E-state index contributed by atoms with van der Waals surface area (Å²) in [5.41, 5.74) is 0.822. The van der Waals surface area contributed by atoms with E-state index in [1.165, 1.54) is 22.5 Å². The highest BCUT2D eigenvalue weighted by Crippen LogP contribution is 2.31. The number of hydrogen-bond donors (Lipinski definition) is 0. The van der Waals surface area contributed by atoms with E-state index in [9.17, 15) is 18.5 Å². The molecule has 0 N–H and O–H groups in total. The standard InChI is InChI=1S/C17H19N5O5S/c1-12-17(13(2)27-19-12)28(25,26)21-7-3-6-20(8-9-21)16-10-14(11-18)4-5-15(16)22(23)24/h4-5,10H,3,6-9H2,1-2H3. The van der Waals surface area contributed by atoms with Crippen molar-refractivity contribution in [1.29, 1.82) is 5.26 Å². The van der Waals surface area contributed by atoms with Gasteiger partial charge in [0.25, 0.3) is 5.69 Å². The van der Waals surface area contributed by atoms with Crippen LogP contribution in [0.25, 0.3) is 0 Å². The molecule has 0 radical (unpaired) electrons. The first-order chi connectivity index (χ1) is 13.3. The Hall–Kier alpha value is -2.97. The number of anilines is 1. The maximum absolute atomic E-state index is 13.0. The first-order valence-electron chi connectivity index (χ1n) is 8.62. The minimum Gasteiger partial charge on any atom is -0.365 e. The topological polar surface area (TPSA) is 134 Å². The molecule has 28 heavy (non-hydrogen) atoms. The number of nitro benzene ring substituents is 1. The average Bonchev–Trinajstić information content (AvgIpc) is 2.86. The summed E-state index contributed by atoms with van der Waals surface area (Å²) >= 11 is 0. The van der Waals surface area contributed by atoms with Crippen LogP contribution in [0.3, 0.4) is 0 Å². The van der Waals surface area contributed by atoms with Crippen LogP contribution in [0, 0.1) is 35.3 Å². The first kappa shape index (κ1) is 19.8. The summed E-state index contributed by atoms with van der Waals surface area (Å²) in [5, 5.41) is 24.2. The summed E-state index contributed by atoms with van der Waals surface area (Å²) in [6.07, 6.45) is 0.483. The third kappa shape index (κ3) is 3.56. The van der Waals surface area contributed by atoms with Crippen molar-refractivity contribution in [2.45, 2.75) is 25.2 Å². The molecular weight excluding hydrogens is 386 g/mol. The minimum atomic E-state index is -3.78. The number of aromatic nitrogens is 1. The molecule has 1 fully saturated rings. The fourth-order valence-electron chi connectivity index (χ4n) is 3.35. The zero-order valence-electron chi connectivity index (χ0n) is 15.5. The summed E-state index contributed by atoms with van der Waals surface area (Å²) in [5.74, 6) is 0.232. The molecule has 0 bridgehead atoms. The van der Waals surface area contributed by atoms with Gasteiger partial charge in [-0.2, -0.15) is 9.57 Å². The van der Waals surface area contributed by atoms with Crippen LogP contribution < -0.4 is 4.90 Å². The maximum atomic E-state index is 13.0. The summed E-state index contributed by atoms with van der Waals surface area (Å²) in [4.78, 5) is 12.7. The molecule has 1 aromatic carbocycles. The van der Waals surface area contributed by atoms with E-state index in [-0.39, 0.29) is 36.0 Å². The highest BCUT2D eigenvalue weighted by atomic mass is 32.2. The van der Waals surface area contributed by atoms with Crippen LogP contribution in [-0.4, -0.2) is 49.0 Å². The zero-order chi connectivity index (χ0) is 20.5. The predicted octanol–water partition coefficient (Wildman–Crippen LogP) is 1.97. The molecule has 3 rings (SSSR count). The molecule has 1 aromatic heterocycles. The van der Waals surface area contributed by atoms with Crippen LogP contribution in [0.1, 0.15) is 23.4 Å². The van der Waals surface area contributed by atoms with Gasteiger partial charge < -0.3 is 9.42 Å². The van der Waals surface area contributed by atoms with Gasteiger partial charge in [0.1, 0.15) is 16.3 Å². The van der Waals surface area contributed by atoms with Crippen LogP contribution >= 0.6 is 0 Å². The summed E-state index contributed by atoms with van der Waals surface area (Å²) in [7, 11) is -3.78. The highest BCUT2D eigenvalue weighted by molar-refractivity contribution is 7.89. The SMILES string of the molecule is Cc1noc(C)c1S(=O)(=O)N1CCCN(c2cc(C#N)ccc2[N+](=O)[O-])CC1. The lowest BCUT2D eigenvalue weighted by atomic mass is 10.1. The van der Waals surface area contributed by atoms with E-state index in [0.717, 1.165) is 0 Å². The van der Waals surface area contributed by atoms with E-state index in [4.69, 9.17) is 9.78 Å². The Bertz CT molecular complexity index is 1040. The van der Waals surface area contributed by atoms with E-state index in [2.05, 4.69) is 5.16 Å². The van der Waals surface area contributed by atoms with Gasteiger partial charge in [-0.25, -0.2) is 8.42 Å². The number of nitrogens with zero attached hydrogens (tertiary/aromatic N) is 5. The lowest BCUT2D eigenvalue weighted by molar-refractivity contribution is -0.384. The molecule has 2 heterocycles. The Balaban J connectivity index is 1.89. The Morgan fingerprint density at radius 3 is 2.61 bits per heavy atom. The number of hydrogen-bond acceptors (Lipinski definition) is 8. The van der Waals surface area contributed by atoms with E-state index in [0.29, 0.717) is 29.9 Å². The molecule has 0 aliphatic carbocycles. The molecular formula is C17H19N5O5S. The van der Waals surface area contributed by atoms with E-state index >= 15 is 0 Å². The Kier molecular flexibility index (Phi) is 5.35. The largest absolute Gasteiger partial charge is 0.365 e. The quantitative estimate of drug-likeness (QED) is 0.557. The van der Waals surface area contributed by atoms with Gasteiger partial charge in [-0.1, -0.05) is 5.16 Å². The highest BCUT2D eigenvalue weighted by Gasteiger charge is 2.33. The van der Waals surface area contributed by atoms with Crippen LogP contribution in [-0.2, 0) is 10.0 Å².